The fourth-order valence-corrected chi connectivity index (χ4v) is 3.23. The van der Waals surface area contributed by atoms with Gasteiger partial charge in [0.2, 0.25) is 0 Å². The van der Waals surface area contributed by atoms with E-state index in [1.807, 2.05) is 17.0 Å². The van der Waals surface area contributed by atoms with Gasteiger partial charge in [0.1, 0.15) is 0 Å². The van der Waals surface area contributed by atoms with E-state index >= 15 is 0 Å². The standard InChI is InChI=1S/C20H26N4O4/c1-23-13-16(12-22-23)20(26)21-11-15-7-9-24(10-8-15)19(25)14-28-18-6-4-3-5-17(18)27-2/h3-6,12-13,15H,7-11,14H2,1-2H3,(H,21,26). The maximum absolute atomic E-state index is 12.4. The lowest BCUT2D eigenvalue weighted by atomic mass is 9.96. The zero-order chi connectivity index (χ0) is 19.9. The molecule has 28 heavy (non-hydrogen) atoms. The van der Waals surface area contributed by atoms with Crippen molar-refractivity contribution in [2.45, 2.75) is 12.8 Å². The van der Waals surface area contributed by atoms with Crippen molar-refractivity contribution in [3.05, 3.63) is 42.2 Å². The molecule has 2 aromatic rings. The second-order valence-corrected chi connectivity index (χ2v) is 6.88. The molecule has 2 heterocycles. The third-order valence-electron chi connectivity index (χ3n) is 4.91. The number of amides is 2. The van der Waals surface area contributed by atoms with Crippen LogP contribution in [0.3, 0.4) is 0 Å². The predicted molar refractivity (Wildman–Crippen MR) is 103 cm³/mol. The lowest BCUT2D eigenvalue weighted by Gasteiger charge is -2.32. The van der Waals surface area contributed by atoms with Crippen LogP contribution in [0.5, 0.6) is 11.5 Å². The molecule has 3 rings (SSSR count). The molecule has 1 aromatic carbocycles. The van der Waals surface area contributed by atoms with Gasteiger partial charge >= 0.3 is 0 Å². The van der Waals surface area contributed by atoms with E-state index in [2.05, 4.69) is 10.4 Å². The largest absolute Gasteiger partial charge is 0.493 e. The topological polar surface area (TPSA) is 85.7 Å². The lowest BCUT2D eigenvalue weighted by molar-refractivity contribution is -0.134. The zero-order valence-electron chi connectivity index (χ0n) is 16.3. The van der Waals surface area contributed by atoms with Crippen molar-refractivity contribution < 1.29 is 19.1 Å². The normalized spacial score (nSPS) is 14.6. The van der Waals surface area contributed by atoms with Gasteiger partial charge in [-0.3, -0.25) is 14.3 Å². The van der Waals surface area contributed by atoms with Gasteiger partial charge in [0.25, 0.3) is 11.8 Å². The van der Waals surface area contributed by atoms with Gasteiger partial charge in [-0.05, 0) is 30.9 Å². The molecule has 0 atom stereocenters. The molecule has 1 saturated heterocycles. The Morgan fingerprint density at radius 3 is 2.57 bits per heavy atom. The van der Waals surface area contributed by atoms with Gasteiger partial charge < -0.3 is 19.7 Å². The summed E-state index contributed by atoms with van der Waals surface area (Å²) < 4.78 is 12.4. The number of nitrogens with zero attached hydrogens (tertiary/aromatic N) is 3. The molecule has 2 amide bonds. The number of hydrogen-bond donors (Lipinski definition) is 1. The summed E-state index contributed by atoms with van der Waals surface area (Å²) >= 11 is 0. The van der Waals surface area contributed by atoms with E-state index in [-0.39, 0.29) is 18.4 Å². The third kappa shape index (κ3) is 5.03. The van der Waals surface area contributed by atoms with Crippen molar-refractivity contribution in [1.82, 2.24) is 20.0 Å². The number of para-hydroxylation sites is 2. The van der Waals surface area contributed by atoms with Crippen LogP contribution in [0, 0.1) is 5.92 Å². The molecule has 0 spiro atoms. The molecule has 0 saturated carbocycles. The van der Waals surface area contributed by atoms with Gasteiger partial charge in [0.05, 0.1) is 18.9 Å². The molecule has 0 unspecified atom stereocenters. The summed E-state index contributed by atoms with van der Waals surface area (Å²) in [6.45, 7) is 1.93. The highest BCUT2D eigenvalue weighted by molar-refractivity contribution is 5.93. The molecule has 1 aromatic heterocycles. The van der Waals surface area contributed by atoms with Gasteiger partial charge in [-0.15, -0.1) is 0 Å². The summed E-state index contributed by atoms with van der Waals surface area (Å²) in [6.07, 6.45) is 4.96. The Morgan fingerprint density at radius 1 is 1.21 bits per heavy atom. The highest BCUT2D eigenvalue weighted by Gasteiger charge is 2.24. The Kier molecular flexibility index (Phi) is 6.52. The van der Waals surface area contributed by atoms with Crippen LogP contribution in [-0.4, -0.2) is 59.8 Å². The summed E-state index contributed by atoms with van der Waals surface area (Å²) in [4.78, 5) is 26.3. The molecule has 0 aliphatic carbocycles. The Balaban J connectivity index is 1.39. The molecule has 1 aliphatic rings. The number of likely N-dealkylation sites (tertiary alicyclic amines) is 1. The average molecular weight is 386 g/mol. The Labute approximate surface area is 164 Å². The number of aromatic nitrogens is 2. The van der Waals surface area contributed by atoms with Crippen LogP contribution in [0.2, 0.25) is 0 Å². The van der Waals surface area contributed by atoms with Crippen LogP contribution in [0.25, 0.3) is 0 Å². The number of carbonyl (C=O) groups excluding carboxylic acids is 2. The Bertz CT molecular complexity index is 812. The first-order valence-electron chi connectivity index (χ1n) is 9.37. The van der Waals surface area contributed by atoms with Gasteiger partial charge in [-0.2, -0.15) is 5.10 Å². The molecular formula is C20H26N4O4. The summed E-state index contributed by atoms with van der Waals surface area (Å²) in [5.41, 5.74) is 0.559. The average Bonchev–Trinajstić information content (AvgIpc) is 3.17. The first-order valence-corrected chi connectivity index (χ1v) is 9.37. The minimum atomic E-state index is -0.114. The number of aryl methyl sites for hydroxylation is 1. The predicted octanol–water partition coefficient (Wildman–Crippen LogP) is 1.48. The quantitative estimate of drug-likeness (QED) is 0.779. The Hall–Kier alpha value is -3.03. The van der Waals surface area contributed by atoms with E-state index in [0.717, 1.165) is 12.8 Å². The van der Waals surface area contributed by atoms with Gasteiger partial charge in [-0.25, -0.2) is 0 Å². The van der Waals surface area contributed by atoms with E-state index in [0.29, 0.717) is 42.6 Å². The number of nitrogens with one attached hydrogen (secondary N) is 1. The van der Waals surface area contributed by atoms with Crippen LogP contribution >= 0.6 is 0 Å². The first-order chi connectivity index (χ1) is 13.6. The van der Waals surface area contributed by atoms with Gasteiger partial charge in [-0.1, -0.05) is 12.1 Å². The molecule has 150 valence electrons. The van der Waals surface area contributed by atoms with E-state index in [1.54, 1.807) is 43.4 Å². The van der Waals surface area contributed by atoms with E-state index in [9.17, 15) is 9.59 Å². The summed E-state index contributed by atoms with van der Waals surface area (Å²) in [5, 5.41) is 6.96. The Morgan fingerprint density at radius 2 is 1.93 bits per heavy atom. The number of ether oxygens (including phenoxy) is 2. The maximum Gasteiger partial charge on any atom is 0.260 e. The van der Waals surface area contributed by atoms with Crippen molar-refractivity contribution in [2.75, 3.05) is 33.4 Å². The number of rotatable bonds is 7. The van der Waals surface area contributed by atoms with Gasteiger partial charge in [0.15, 0.2) is 18.1 Å². The van der Waals surface area contributed by atoms with Crippen LogP contribution in [0.4, 0.5) is 0 Å². The number of hydrogen-bond acceptors (Lipinski definition) is 5. The molecular weight excluding hydrogens is 360 g/mol. The van der Waals surface area contributed by atoms with Gasteiger partial charge in [0, 0.05) is 32.9 Å². The third-order valence-corrected chi connectivity index (χ3v) is 4.91. The maximum atomic E-state index is 12.4. The van der Waals surface area contributed by atoms with Crippen LogP contribution < -0.4 is 14.8 Å². The monoisotopic (exact) mass is 386 g/mol. The summed E-state index contributed by atoms with van der Waals surface area (Å²) in [7, 11) is 3.35. The van der Waals surface area contributed by atoms with Crippen molar-refractivity contribution in [2.24, 2.45) is 13.0 Å². The van der Waals surface area contributed by atoms with Crippen LogP contribution in [0.1, 0.15) is 23.2 Å². The molecule has 8 nitrogen and oxygen atoms in total. The number of methoxy groups -OCH3 is 1. The number of piperidine rings is 1. The highest BCUT2D eigenvalue weighted by Crippen LogP contribution is 2.26. The molecule has 1 aliphatic heterocycles. The second kappa shape index (κ2) is 9.25. The lowest BCUT2D eigenvalue weighted by Crippen LogP contribution is -2.43. The van der Waals surface area contributed by atoms with E-state index < -0.39 is 0 Å². The number of benzene rings is 1. The fraction of sp³-hybridized carbons (Fsp3) is 0.450. The minimum Gasteiger partial charge on any atom is -0.493 e. The fourth-order valence-electron chi connectivity index (χ4n) is 3.23. The van der Waals surface area contributed by atoms with Crippen molar-refractivity contribution in [3.63, 3.8) is 0 Å². The SMILES string of the molecule is COc1ccccc1OCC(=O)N1CCC(CNC(=O)c2cnn(C)c2)CC1. The molecule has 1 N–H and O–H groups in total. The van der Waals surface area contributed by atoms with Crippen molar-refractivity contribution >= 4 is 11.8 Å². The zero-order valence-corrected chi connectivity index (χ0v) is 16.3. The minimum absolute atomic E-state index is 0.0111. The van der Waals surface area contributed by atoms with Crippen molar-refractivity contribution in [3.8, 4) is 11.5 Å². The highest BCUT2D eigenvalue weighted by atomic mass is 16.5. The van der Waals surface area contributed by atoms with Crippen LogP contribution in [0.15, 0.2) is 36.7 Å². The molecule has 0 bridgehead atoms. The van der Waals surface area contributed by atoms with E-state index in [1.165, 1.54) is 0 Å². The first kappa shape index (κ1) is 19.7. The van der Waals surface area contributed by atoms with E-state index in [4.69, 9.17) is 9.47 Å². The molecule has 1 fully saturated rings. The smallest absolute Gasteiger partial charge is 0.260 e. The second-order valence-electron chi connectivity index (χ2n) is 6.88. The molecule has 8 heteroatoms. The van der Waals surface area contributed by atoms with Crippen molar-refractivity contribution in [1.29, 1.82) is 0 Å². The summed E-state index contributed by atoms with van der Waals surface area (Å²) in [6, 6.07) is 7.27. The summed E-state index contributed by atoms with van der Waals surface area (Å²) in [5.74, 6) is 1.38. The van der Waals surface area contributed by atoms with Crippen LogP contribution in [-0.2, 0) is 11.8 Å². The number of carbonyl (C=O) groups is 2. The molecule has 0 radical (unpaired) electrons.